The minimum absolute atomic E-state index is 0.494. The van der Waals surface area contributed by atoms with Crippen LogP contribution in [0.4, 0.5) is 0 Å². The number of ether oxygens (including phenoxy) is 1. The zero-order valence-corrected chi connectivity index (χ0v) is 12.1. The first-order valence-corrected chi connectivity index (χ1v) is 8.29. The molecular weight excluding hydrogens is 222 g/mol. The Hall–Kier alpha value is -0.0800. The molecule has 0 bridgehead atoms. The summed E-state index contributed by atoms with van der Waals surface area (Å²) in [6.07, 6.45) is 15.8. The molecule has 2 heteroatoms. The highest BCUT2D eigenvalue weighted by molar-refractivity contribution is 4.83. The second-order valence-corrected chi connectivity index (χ2v) is 6.13. The van der Waals surface area contributed by atoms with Gasteiger partial charge in [-0.15, -0.1) is 0 Å². The first kappa shape index (κ1) is 14.3. The van der Waals surface area contributed by atoms with Gasteiger partial charge in [-0.05, 0) is 38.6 Å². The van der Waals surface area contributed by atoms with Crippen molar-refractivity contribution < 1.29 is 4.74 Å². The maximum Gasteiger partial charge on any atom is 0.0731 e. The summed E-state index contributed by atoms with van der Waals surface area (Å²) in [5.41, 5.74) is 0. The molecule has 0 aromatic heterocycles. The molecule has 0 aromatic carbocycles. The van der Waals surface area contributed by atoms with Gasteiger partial charge in [0.2, 0.25) is 0 Å². The van der Waals surface area contributed by atoms with Crippen LogP contribution in [0.1, 0.15) is 77.6 Å². The molecular formula is C16H31NO. The van der Waals surface area contributed by atoms with E-state index in [0.29, 0.717) is 18.2 Å². The summed E-state index contributed by atoms with van der Waals surface area (Å²) in [4.78, 5) is 0. The number of hydrogen-bond donors (Lipinski definition) is 1. The molecule has 106 valence electrons. The molecule has 0 radical (unpaired) electrons. The summed E-state index contributed by atoms with van der Waals surface area (Å²) < 4.78 is 6.46. The van der Waals surface area contributed by atoms with E-state index in [0.717, 1.165) is 6.54 Å². The zero-order valence-electron chi connectivity index (χ0n) is 12.1. The van der Waals surface area contributed by atoms with Crippen LogP contribution in [0.25, 0.3) is 0 Å². The molecule has 2 aliphatic carbocycles. The number of rotatable bonds is 5. The first-order valence-electron chi connectivity index (χ1n) is 8.29. The van der Waals surface area contributed by atoms with Crippen molar-refractivity contribution in [3.8, 4) is 0 Å². The predicted octanol–water partition coefficient (Wildman–Crippen LogP) is 4.04. The van der Waals surface area contributed by atoms with Crippen LogP contribution >= 0.6 is 0 Å². The highest BCUT2D eigenvalue weighted by atomic mass is 16.5. The lowest BCUT2D eigenvalue weighted by Crippen LogP contribution is -2.45. The SMILES string of the molecule is CCCNC1CCCCC1OC1CCCCCC1. The largest absolute Gasteiger partial charge is 0.373 e. The molecule has 0 amide bonds. The maximum atomic E-state index is 6.46. The second kappa shape index (κ2) is 8.16. The summed E-state index contributed by atoms with van der Waals surface area (Å²) in [6.45, 7) is 3.40. The van der Waals surface area contributed by atoms with Crippen LogP contribution in [0, 0.1) is 0 Å². The number of hydrogen-bond acceptors (Lipinski definition) is 2. The van der Waals surface area contributed by atoms with Crippen molar-refractivity contribution in [1.29, 1.82) is 0 Å². The fourth-order valence-electron chi connectivity index (χ4n) is 3.45. The molecule has 18 heavy (non-hydrogen) atoms. The van der Waals surface area contributed by atoms with E-state index in [1.54, 1.807) is 0 Å². The Balaban J connectivity index is 1.79. The van der Waals surface area contributed by atoms with E-state index < -0.39 is 0 Å². The van der Waals surface area contributed by atoms with E-state index in [1.165, 1.54) is 70.6 Å². The van der Waals surface area contributed by atoms with Crippen molar-refractivity contribution in [2.45, 2.75) is 95.8 Å². The average Bonchev–Trinajstić information content (AvgIpc) is 2.66. The van der Waals surface area contributed by atoms with E-state index in [2.05, 4.69) is 12.2 Å². The molecule has 0 spiro atoms. The Labute approximate surface area is 113 Å². The minimum Gasteiger partial charge on any atom is -0.373 e. The normalized spacial score (nSPS) is 31.2. The van der Waals surface area contributed by atoms with Crippen LogP contribution in [0.3, 0.4) is 0 Å². The summed E-state index contributed by atoms with van der Waals surface area (Å²) in [5, 5.41) is 3.70. The van der Waals surface area contributed by atoms with Gasteiger partial charge in [0.05, 0.1) is 12.2 Å². The van der Waals surface area contributed by atoms with E-state index in [4.69, 9.17) is 4.74 Å². The Morgan fingerprint density at radius 2 is 1.56 bits per heavy atom. The Morgan fingerprint density at radius 1 is 0.889 bits per heavy atom. The minimum atomic E-state index is 0.494. The molecule has 2 unspecified atom stereocenters. The fourth-order valence-corrected chi connectivity index (χ4v) is 3.45. The van der Waals surface area contributed by atoms with E-state index in [9.17, 15) is 0 Å². The first-order chi connectivity index (χ1) is 8.90. The molecule has 0 saturated heterocycles. The van der Waals surface area contributed by atoms with E-state index >= 15 is 0 Å². The summed E-state index contributed by atoms with van der Waals surface area (Å²) in [7, 11) is 0. The topological polar surface area (TPSA) is 21.3 Å². The van der Waals surface area contributed by atoms with E-state index in [1.807, 2.05) is 0 Å². The predicted molar refractivity (Wildman–Crippen MR) is 76.9 cm³/mol. The van der Waals surface area contributed by atoms with Crippen molar-refractivity contribution >= 4 is 0 Å². The van der Waals surface area contributed by atoms with Crippen LogP contribution < -0.4 is 5.32 Å². The standard InChI is InChI=1S/C16H31NO/c1-2-13-17-15-11-7-8-12-16(15)18-14-9-5-3-4-6-10-14/h14-17H,2-13H2,1H3. The van der Waals surface area contributed by atoms with Crippen LogP contribution in [-0.4, -0.2) is 24.8 Å². The molecule has 2 aliphatic rings. The number of nitrogens with one attached hydrogen (secondary N) is 1. The van der Waals surface area contributed by atoms with Crippen LogP contribution in [0.15, 0.2) is 0 Å². The van der Waals surface area contributed by atoms with Gasteiger partial charge in [0.15, 0.2) is 0 Å². The Morgan fingerprint density at radius 3 is 2.28 bits per heavy atom. The molecule has 2 saturated carbocycles. The summed E-state index contributed by atoms with van der Waals surface area (Å²) in [6, 6.07) is 0.627. The molecule has 2 rings (SSSR count). The fraction of sp³-hybridized carbons (Fsp3) is 1.00. The van der Waals surface area contributed by atoms with Gasteiger partial charge in [0, 0.05) is 6.04 Å². The third kappa shape index (κ3) is 4.55. The highest BCUT2D eigenvalue weighted by Crippen LogP contribution is 2.27. The second-order valence-electron chi connectivity index (χ2n) is 6.13. The maximum absolute atomic E-state index is 6.46. The van der Waals surface area contributed by atoms with Crippen molar-refractivity contribution in [3.05, 3.63) is 0 Å². The van der Waals surface area contributed by atoms with Gasteiger partial charge in [0.25, 0.3) is 0 Å². The van der Waals surface area contributed by atoms with Gasteiger partial charge in [-0.3, -0.25) is 0 Å². The van der Waals surface area contributed by atoms with Crippen LogP contribution in [0.2, 0.25) is 0 Å². The Kier molecular flexibility index (Phi) is 6.50. The lowest BCUT2D eigenvalue weighted by atomic mass is 9.92. The molecule has 2 fully saturated rings. The average molecular weight is 253 g/mol. The molecule has 0 heterocycles. The van der Waals surface area contributed by atoms with Gasteiger partial charge in [-0.25, -0.2) is 0 Å². The monoisotopic (exact) mass is 253 g/mol. The van der Waals surface area contributed by atoms with Crippen LogP contribution in [-0.2, 0) is 4.74 Å². The van der Waals surface area contributed by atoms with Gasteiger partial charge in [-0.2, -0.15) is 0 Å². The van der Waals surface area contributed by atoms with Crippen molar-refractivity contribution in [2.24, 2.45) is 0 Å². The highest BCUT2D eigenvalue weighted by Gasteiger charge is 2.27. The van der Waals surface area contributed by atoms with Gasteiger partial charge in [-0.1, -0.05) is 45.4 Å². The molecule has 2 nitrogen and oxygen atoms in total. The third-order valence-corrected chi connectivity index (χ3v) is 4.53. The summed E-state index contributed by atoms with van der Waals surface area (Å²) in [5.74, 6) is 0. The molecule has 0 aromatic rings. The van der Waals surface area contributed by atoms with Crippen LogP contribution in [0.5, 0.6) is 0 Å². The zero-order chi connectivity index (χ0) is 12.6. The molecule has 1 N–H and O–H groups in total. The Bertz CT molecular complexity index is 211. The quantitative estimate of drug-likeness (QED) is 0.747. The third-order valence-electron chi connectivity index (χ3n) is 4.53. The summed E-state index contributed by atoms with van der Waals surface area (Å²) >= 11 is 0. The lowest BCUT2D eigenvalue weighted by molar-refractivity contribution is -0.0520. The van der Waals surface area contributed by atoms with Gasteiger partial charge < -0.3 is 10.1 Å². The van der Waals surface area contributed by atoms with Gasteiger partial charge in [0.1, 0.15) is 0 Å². The van der Waals surface area contributed by atoms with Crippen molar-refractivity contribution in [3.63, 3.8) is 0 Å². The van der Waals surface area contributed by atoms with Crippen molar-refractivity contribution in [2.75, 3.05) is 6.54 Å². The molecule has 2 atom stereocenters. The van der Waals surface area contributed by atoms with E-state index in [-0.39, 0.29) is 0 Å². The van der Waals surface area contributed by atoms with Gasteiger partial charge >= 0.3 is 0 Å². The molecule has 0 aliphatic heterocycles. The van der Waals surface area contributed by atoms with Crippen molar-refractivity contribution in [1.82, 2.24) is 5.32 Å². The smallest absolute Gasteiger partial charge is 0.0731 e. The lowest BCUT2D eigenvalue weighted by Gasteiger charge is -2.35.